The minimum absolute atomic E-state index is 0.0640. The first kappa shape index (κ1) is 21.8. The normalized spacial score (nSPS) is 11.0. The summed E-state index contributed by atoms with van der Waals surface area (Å²) in [5.41, 5.74) is 1.22. The van der Waals surface area contributed by atoms with E-state index in [9.17, 15) is 14.0 Å². The molecule has 0 spiro atoms. The molecule has 0 saturated heterocycles. The number of nitrogens with one attached hydrogen (secondary N) is 2. The largest absolute Gasteiger partial charge is 0.495 e. The van der Waals surface area contributed by atoms with Gasteiger partial charge in [0.05, 0.1) is 29.8 Å². The number of thioether (sulfide) groups is 1. The zero-order valence-electron chi connectivity index (χ0n) is 17.0. The summed E-state index contributed by atoms with van der Waals surface area (Å²) in [5.74, 6) is -0.394. The van der Waals surface area contributed by atoms with E-state index in [-0.39, 0.29) is 22.4 Å². The lowest BCUT2D eigenvalue weighted by atomic mass is 10.2. The maximum atomic E-state index is 13.7. The van der Waals surface area contributed by atoms with Crippen molar-refractivity contribution in [2.75, 3.05) is 18.2 Å². The number of fused-ring (bicyclic) bond motifs is 1. The summed E-state index contributed by atoms with van der Waals surface area (Å²) in [6.45, 7) is 1.64. The number of aryl methyl sites for hydroxylation is 1. The van der Waals surface area contributed by atoms with Crippen molar-refractivity contribution < 1.29 is 13.9 Å². The van der Waals surface area contributed by atoms with Crippen molar-refractivity contribution in [1.82, 2.24) is 19.7 Å². The number of ether oxygens (including phenoxy) is 1. The number of aromatic amines is 1. The van der Waals surface area contributed by atoms with Gasteiger partial charge in [-0.2, -0.15) is 5.10 Å². The molecule has 0 aliphatic heterocycles. The molecule has 0 saturated carbocycles. The molecule has 0 aliphatic rings. The highest BCUT2D eigenvalue weighted by molar-refractivity contribution is 7.99. The van der Waals surface area contributed by atoms with Crippen molar-refractivity contribution >= 4 is 46.0 Å². The van der Waals surface area contributed by atoms with Crippen LogP contribution < -0.4 is 15.6 Å². The zero-order valence-corrected chi connectivity index (χ0v) is 18.6. The number of benzene rings is 2. The summed E-state index contributed by atoms with van der Waals surface area (Å²) >= 11 is 7.29. The van der Waals surface area contributed by atoms with Crippen LogP contribution in [0.5, 0.6) is 5.75 Å². The van der Waals surface area contributed by atoms with Crippen LogP contribution in [-0.2, 0) is 4.79 Å². The topological polar surface area (TPSA) is 102 Å². The number of H-pyrrole nitrogens is 1. The minimum Gasteiger partial charge on any atom is -0.495 e. The molecule has 0 unspecified atom stereocenters. The molecule has 0 bridgehead atoms. The van der Waals surface area contributed by atoms with Crippen molar-refractivity contribution in [3.63, 3.8) is 0 Å². The number of anilines is 1. The Kier molecular flexibility index (Phi) is 6.15. The van der Waals surface area contributed by atoms with E-state index in [0.29, 0.717) is 38.7 Å². The van der Waals surface area contributed by atoms with Gasteiger partial charge >= 0.3 is 0 Å². The van der Waals surface area contributed by atoms with E-state index in [0.717, 1.165) is 11.8 Å². The molecule has 164 valence electrons. The van der Waals surface area contributed by atoms with Gasteiger partial charge in [0.25, 0.3) is 5.56 Å². The van der Waals surface area contributed by atoms with E-state index in [4.69, 9.17) is 16.3 Å². The summed E-state index contributed by atoms with van der Waals surface area (Å²) in [6.07, 6.45) is 1.39. The summed E-state index contributed by atoms with van der Waals surface area (Å²) in [6, 6.07) is 9.33. The molecule has 0 aliphatic carbocycles. The van der Waals surface area contributed by atoms with E-state index in [1.807, 2.05) is 0 Å². The molecule has 2 aromatic carbocycles. The van der Waals surface area contributed by atoms with Crippen LogP contribution in [0.2, 0.25) is 5.02 Å². The molecule has 0 atom stereocenters. The molecule has 32 heavy (non-hydrogen) atoms. The Morgan fingerprint density at radius 3 is 2.84 bits per heavy atom. The number of rotatable bonds is 6. The third-order valence-electron chi connectivity index (χ3n) is 4.63. The van der Waals surface area contributed by atoms with Gasteiger partial charge in [-0.15, -0.1) is 0 Å². The monoisotopic (exact) mass is 473 g/mol. The Morgan fingerprint density at radius 2 is 2.12 bits per heavy atom. The second-order valence-electron chi connectivity index (χ2n) is 6.79. The Labute approximate surface area is 190 Å². The zero-order chi connectivity index (χ0) is 22.8. The van der Waals surface area contributed by atoms with Crippen LogP contribution in [0, 0.1) is 12.7 Å². The highest BCUT2D eigenvalue weighted by Crippen LogP contribution is 2.28. The molecule has 4 rings (SSSR count). The lowest BCUT2D eigenvalue weighted by molar-refractivity contribution is -0.113. The molecule has 8 nitrogen and oxygen atoms in total. The van der Waals surface area contributed by atoms with Gasteiger partial charge in [0.1, 0.15) is 17.0 Å². The Balaban J connectivity index is 1.65. The summed E-state index contributed by atoms with van der Waals surface area (Å²) in [7, 11) is 1.49. The predicted octanol–water partition coefficient (Wildman–Crippen LogP) is 3.95. The number of methoxy groups -OCH3 is 1. The van der Waals surface area contributed by atoms with E-state index in [1.54, 1.807) is 37.3 Å². The van der Waals surface area contributed by atoms with Crippen LogP contribution in [0.3, 0.4) is 0 Å². The third kappa shape index (κ3) is 4.32. The van der Waals surface area contributed by atoms with Crippen molar-refractivity contribution in [1.29, 1.82) is 0 Å². The molecule has 2 heterocycles. The lowest BCUT2D eigenvalue weighted by Gasteiger charge is -2.13. The second kappa shape index (κ2) is 9.01. The van der Waals surface area contributed by atoms with Crippen molar-refractivity contribution in [2.24, 2.45) is 0 Å². The number of carbonyl (C=O) groups is 1. The van der Waals surface area contributed by atoms with E-state index in [2.05, 4.69) is 20.5 Å². The lowest BCUT2D eigenvalue weighted by Crippen LogP contribution is -2.22. The summed E-state index contributed by atoms with van der Waals surface area (Å²) in [4.78, 5) is 30.0. The Hall–Kier alpha value is -3.37. The number of amides is 1. The molecular formula is C21H17ClFN5O3S. The number of aromatic nitrogens is 4. The van der Waals surface area contributed by atoms with Crippen LogP contribution >= 0.6 is 23.4 Å². The Morgan fingerprint density at radius 1 is 1.31 bits per heavy atom. The third-order valence-corrected chi connectivity index (χ3v) is 5.87. The maximum Gasteiger partial charge on any atom is 0.269 e. The van der Waals surface area contributed by atoms with Crippen LogP contribution in [0.15, 0.2) is 52.5 Å². The van der Waals surface area contributed by atoms with Gasteiger partial charge in [0.15, 0.2) is 10.8 Å². The van der Waals surface area contributed by atoms with Gasteiger partial charge in [-0.3, -0.25) is 19.3 Å². The molecule has 4 aromatic rings. The van der Waals surface area contributed by atoms with Gasteiger partial charge in [-0.25, -0.2) is 9.37 Å². The van der Waals surface area contributed by atoms with E-state index in [1.165, 1.54) is 23.9 Å². The molecule has 0 radical (unpaired) electrons. The first-order valence-electron chi connectivity index (χ1n) is 9.36. The van der Waals surface area contributed by atoms with Crippen molar-refractivity contribution in [2.45, 2.75) is 12.1 Å². The fourth-order valence-corrected chi connectivity index (χ4v) is 4.05. The van der Waals surface area contributed by atoms with Gasteiger partial charge in [0.2, 0.25) is 5.91 Å². The van der Waals surface area contributed by atoms with Crippen LogP contribution in [0.25, 0.3) is 16.7 Å². The quantitative estimate of drug-likeness (QED) is 0.325. The fraction of sp³-hybridized carbons (Fsp3) is 0.143. The Bertz CT molecular complexity index is 1390. The van der Waals surface area contributed by atoms with E-state index >= 15 is 0 Å². The fourth-order valence-electron chi connectivity index (χ4n) is 2.99. The SMILES string of the molecule is COc1ccc(-n2c(SCC(=O)Nc3ccc(C)c(F)c3)nc3[nH]ncc3c2=O)cc1Cl. The van der Waals surface area contributed by atoms with Crippen LogP contribution in [0.1, 0.15) is 5.56 Å². The molecule has 2 N–H and O–H groups in total. The summed E-state index contributed by atoms with van der Waals surface area (Å²) in [5, 5.41) is 10.1. The number of hydrogen-bond acceptors (Lipinski definition) is 6. The first-order chi connectivity index (χ1) is 15.4. The van der Waals surface area contributed by atoms with Gasteiger partial charge in [0, 0.05) is 5.69 Å². The molecule has 2 aromatic heterocycles. The standard InChI is InChI=1S/C21H17ClFN5O3S/c1-11-3-4-12(7-16(11)23)25-18(29)10-32-21-26-19-14(9-24-27-19)20(30)28(21)13-5-6-17(31-2)15(22)8-13/h3-9H,10H2,1-2H3,(H,24,27)(H,25,29). The van der Waals surface area contributed by atoms with Gasteiger partial charge in [-0.05, 0) is 42.8 Å². The predicted molar refractivity (Wildman–Crippen MR) is 122 cm³/mol. The van der Waals surface area contributed by atoms with Crippen molar-refractivity contribution in [3.05, 3.63) is 69.4 Å². The second-order valence-corrected chi connectivity index (χ2v) is 8.14. The highest BCUT2D eigenvalue weighted by Gasteiger charge is 2.17. The van der Waals surface area contributed by atoms with Crippen LogP contribution in [-0.4, -0.2) is 38.5 Å². The smallest absolute Gasteiger partial charge is 0.269 e. The van der Waals surface area contributed by atoms with Crippen LogP contribution in [0.4, 0.5) is 10.1 Å². The van der Waals surface area contributed by atoms with Gasteiger partial charge in [-0.1, -0.05) is 29.4 Å². The summed E-state index contributed by atoms with van der Waals surface area (Å²) < 4.78 is 20.3. The number of carbonyl (C=O) groups excluding carboxylic acids is 1. The maximum absolute atomic E-state index is 13.7. The molecule has 11 heteroatoms. The van der Waals surface area contributed by atoms with E-state index < -0.39 is 5.82 Å². The highest BCUT2D eigenvalue weighted by atomic mass is 35.5. The molecular weight excluding hydrogens is 457 g/mol. The van der Waals surface area contributed by atoms with Gasteiger partial charge < -0.3 is 10.1 Å². The average molecular weight is 474 g/mol. The molecule has 1 amide bonds. The average Bonchev–Trinajstić information content (AvgIpc) is 3.24. The molecule has 0 fully saturated rings. The van der Waals surface area contributed by atoms with Crippen molar-refractivity contribution in [3.8, 4) is 11.4 Å². The first-order valence-corrected chi connectivity index (χ1v) is 10.7. The number of hydrogen-bond donors (Lipinski definition) is 2. The number of nitrogens with zero attached hydrogens (tertiary/aromatic N) is 3. The minimum atomic E-state index is -0.410. The number of halogens is 2.